The minimum atomic E-state index is -0.0944. The summed E-state index contributed by atoms with van der Waals surface area (Å²) in [6.45, 7) is 4.65. The van der Waals surface area contributed by atoms with E-state index >= 15 is 0 Å². The highest BCUT2D eigenvalue weighted by molar-refractivity contribution is 6.15. The Bertz CT molecular complexity index is 2190. The monoisotopic (exact) mass is 501 g/mol. The van der Waals surface area contributed by atoms with Crippen molar-refractivity contribution >= 4 is 32.7 Å². The van der Waals surface area contributed by atoms with Gasteiger partial charge in [0.15, 0.2) is 0 Å². The first-order valence-electron chi connectivity index (χ1n) is 13.4. The number of hydrogen-bond acceptors (Lipinski definition) is 3. The molecule has 9 rings (SSSR count). The molecule has 0 saturated carbocycles. The number of ether oxygens (including phenoxy) is 1. The van der Waals surface area contributed by atoms with Gasteiger partial charge in [0.25, 0.3) is 0 Å². The maximum atomic E-state index is 6.26. The molecule has 0 N–H and O–H groups in total. The van der Waals surface area contributed by atoms with Gasteiger partial charge in [-0.2, -0.15) is 0 Å². The molecule has 0 spiro atoms. The summed E-state index contributed by atoms with van der Waals surface area (Å²) in [6.07, 6.45) is 0. The summed E-state index contributed by atoms with van der Waals surface area (Å²) in [4.78, 5) is 10.5. The van der Waals surface area contributed by atoms with Gasteiger partial charge in [-0.15, -0.1) is 0 Å². The van der Waals surface area contributed by atoms with Gasteiger partial charge in [-0.3, -0.25) is 4.57 Å². The van der Waals surface area contributed by atoms with E-state index in [4.69, 9.17) is 14.7 Å². The van der Waals surface area contributed by atoms with Crippen LogP contribution in [-0.2, 0) is 5.41 Å². The molecule has 3 heterocycles. The molecule has 2 aliphatic rings. The van der Waals surface area contributed by atoms with E-state index in [1.165, 1.54) is 33.0 Å². The molecule has 0 radical (unpaired) electrons. The van der Waals surface area contributed by atoms with Gasteiger partial charge in [0.05, 0.1) is 27.6 Å². The highest BCUT2D eigenvalue weighted by Crippen LogP contribution is 2.53. The minimum Gasteiger partial charge on any atom is -0.456 e. The number of aromatic nitrogens is 3. The van der Waals surface area contributed by atoms with Crippen LogP contribution in [0, 0.1) is 0 Å². The fourth-order valence-electron chi connectivity index (χ4n) is 6.84. The van der Waals surface area contributed by atoms with Crippen LogP contribution < -0.4 is 4.74 Å². The normalized spacial score (nSPS) is 14.3. The third-order valence-electron chi connectivity index (χ3n) is 8.62. The van der Waals surface area contributed by atoms with E-state index in [-0.39, 0.29) is 5.41 Å². The molecule has 0 amide bonds. The molecular weight excluding hydrogens is 478 g/mol. The fraction of sp³-hybridized carbons (Fsp3) is 0.0857. The highest BCUT2D eigenvalue weighted by Gasteiger charge is 2.37. The van der Waals surface area contributed by atoms with Gasteiger partial charge in [0.2, 0.25) is 5.95 Å². The Morgan fingerprint density at radius 1 is 0.641 bits per heavy atom. The van der Waals surface area contributed by atoms with Crippen LogP contribution in [0.2, 0.25) is 0 Å². The Morgan fingerprint density at radius 2 is 1.41 bits per heavy atom. The maximum absolute atomic E-state index is 6.26. The van der Waals surface area contributed by atoms with Gasteiger partial charge in [0, 0.05) is 27.3 Å². The van der Waals surface area contributed by atoms with Gasteiger partial charge >= 0.3 is 0 Å². The number of para-hydroxylation sites is 2. The van der Waals surface area contributed by atoms with E-state index in [2.05, 4.69) is 91.2 Å². The minimum absolute atomic E-state index is 0.0944. The highest BCUT2D eigenvalue weighted by atomic mass is 16.5. The molecular formula is C35H23N3O. The van der Waals surface area contributed by atoms with Gasteiger partial charge in [-0.1, -0.05) is 86.6 Å². The largest absolute Gasteiger partial charge is 0.456 e. The quantitative estimate of drug-likeness (QED) is 0.226. The molecule has 2 aromatic heterocycles. The van der Waals surface area contributed by atoms with E-state index < -0.39 is 0 Å². The number of hydrogen-bond donors (Lipinski definition) is 0. The predicted octanol–water partition coefficient (Wildman–Crippen LogP) is 8.81. The van der Waals surface area contributed by atoms with Crippen molar-refractivity contribution in [1.29, 1.82) is 0 Å². The van der Waals surface area contributed by atoms with Crippen LogP contribution in [0.1, 0.15) is 25.0 Å². The number of nitrogens with zero attached hydrogens (tertiary/aromatic N) is 3. The summed E-state index contributed by atoms with van der Waals surface area (Å²) in [5, 5.41) is 3.37. The molecule has 184 valence electrons. The lowest BCUT2D eigenvalue weighted by atomic mass is 9.82. The van der Waals surface area contributed by atoms with Crippen molar-refractivity contribution in [2.24, 2.45) is 0 Å². The molecule has 4 nitrogen and oxygen atoms in total. The van der Waals surface area contributed by atoms with E-state index in [0.717, 1.165) is 44.7 Å². The second kappa shape index (κ2) is 7.12. The van der Waals surface area contributed by atoms with Crippen LogP contribution in [0.15, 0.2) is 103 Å². The molecule has 1 aliphatic heterocycles. The van der Waals surface area contributed by atoms with Crippen LogP contribution in [0.25, 0.3) is 61.0 Å². The first-order valence-corrected chi connectivity index (χ1v) is 13.4. The average Bonchev–Trinajstić information content (AvgIpc) is 3.42. The van der Waals surface area contributed by atoms with Gasteiger partial charge in [0.1, 0.15) is 11.5 Å². The van der Waals surface area contributed by atoms with E-state index in [1.54, 1.807) is 0 Å². The molecule has 1 aliphatic carbocycles. The van der Waals surface area contributed by atoms with Crippen molar-refractivity contribution in [3.8, 4) is 39.8 Å². The van der Waals surface area contributed by atoms with Crippen LogP contribution in [0.5, 0.6) is 11.5 Å². The summed E-state index contributed by atoms with van der Waals surface area (Å²) in [5.74, 6) is 2.29. The van der Waals surface area contributed by atoms with Crippen molar-refractivity contribution in [2.45, 2.75) is 19.3 Å². The fourth-order valence-corrected chi connectivity index (χ4v) is 6.84. The first kappa shape index (κ1) is 21.0. The Morgan fingerprint density at radius 3 is 2.33 bits per heavy atom. The zero-order valence-corrected chi connectivity index (χ0v) is 21.6. The third kappa shape index (κ3) is 2.58. The summed E-state index contributed by atoms with van der Waals surface area (Å²) >= 11 is 0. The van der Waals surface area contributed by atoms with Gasteiger partial charge < -0.3 is 4.74 Å². The summed E-state index contributed by atoms with van der Waals surface area (Å²) in [7, 11) is 0. The zero-order valence-electron chi connectivity index (χ0n) is 21.6. The molecule has 7 aromatic rings. The summed E-state index contributed by atoms with van der Waals surface area (Å²) in [6, 6.07) is 36.2. The predicted molar refractivity (Wildman–Crippen MR) is 157 cm³/mol. The third-order valence-corrected chi connectivity index (χ3v) is 8.62. The number of benzene rings is 5. The second-order valence-corrected chi connectivity index (χ2v) is 11.0. The van der Waals surface area contributed by atoms with Crippen LogP contribution >= 0.6 is 0 Å². The van der Waals surface area contributed by atoms with E-state index in [9.17, 15) is 0 Å². The van der Waals surface area contributed by atoms with Crippen molar-refractivity contribution in [1.82, 2.24) is 14.5 Å². The van der Waals surface area contributed by atoms with Crippen molar-refractivity contribution in [3.63, 3.8) is 0 Å². The molecule has 39 heavy (non-hydrogen) atoms. The number of fused-ring (bicyclic) bond motifs is 9. The molecule has 0 unspecified atom stereocenters. The molecule has 5 aromatic carbocycles. The Hall–Kier alpha value is -4.96. The maximum Gasteiger partial charge on any atom is 0.235 e. The van der Waals surface area contributed by atoms with Gasteiger partial charge in [-0.05, 0) is 47.0 Å². The van der Waals surface area contributed by atoms with E-state index in [1.807, 2.05) is 30.3 Å². The Balaban J connectivity index is 1.47. The number of rotatable bonds is 1. The lowest BCUT2D eigenvalue weighted by molar-refractivity contribution is 0.486. The second-order valence-electron chi connectivity index (χ2n) is 11.0. The molecule has 0 fully saturated rings. The lowest BCUT2D eigenvalue weighted by Gasteiger charge is -2.22. The van der Waals surface area contributed by atoms with Crippen LogP contribution in [-0.4, -0.2) is 14.5 Å². The SMILES string of the molecule is CC1(C)c2ccccc2-c2c1ccc1c3ccccc3n(-c3nc4c5c(cccc5n3)Oc3ccccc3-4)c21. The summed E-state index contributed by atoms with van der Waals surface area (Å²) < 4.78 is 8.54. The van der Waals surface area contributed by atoms with E-state index in [0.29, 0.717) is 5.95 Å². The smallest absolute Gasteiger partial charge is 0.235 e. The molecule has 0 atom stereocenters. The van der Waals surface area contributed by atoms with Crippen molar-refractivity contribution < 1.29 is 4.74 Å². The zero-order chi connectivity index (χ0) is 25.9. The van der Waals surface area contributed by atoms with Crippen molar-refractivity contribution in [3.05, 3.63) is 114 Å². The standard InChI is InChI=1S/C35H23N3O/c1-35(2)24-13-6-3-11-22(24)30-25(35)19-18-21-20-10-4-7-15-27(20)38(33(21)30)34-36-26-14-9-17-29-31(26)32(37-34)23-12-5-8-16-28(23)39-29/h3-19H,1-2H3. The van der Waals surface area contributed by atoms with Crippen LogP contribution in [0.3, 0.4) is 0 Å². The Labute approximate surface area is 225 Å². The average molecular weight is 502 g/mol. The Kier molecular flexibility index (Phi) is 3.84. The van der Waals surface area contributed by atoms with Crippen molar-refractivity contribution in [2.75, 3.05) is 0 Å². The summed E-state index contributed by atoms with van der Waals surface area (Å²) in [5.41, 5.74) is 10.2. The molecule has 0 bridgehead atoms. The first-order chi connectivity index (χ1) is 19.1. The lowest BCUT2D eigenvalue weighted by Crippen LogP contribution is -2.14. The topological polar surface area (TPSA) is 39.9 Å². The molecule has 0 saturated heterocycles. The van der Waals surface area contributed by atoms with Gasteiger partial charge in [-0.25, -0.2) is 9.97 Å². The van der Waals surface area contributed by atoms with Crippen LogP contribution in [0.4, 0.5) is 0 Å². The molecule has 4 heteroatoms.